The van der Waals surface area contributed by atoms with E-state index in [4.69, 9.17) is 23.4 Å². The first-order valence-electron chi connectivity index (χ1n) is 10.5. The summed E-state index contributed by atoms with van der Waals surface area (Å²) in [5.41, 5.74) is -1.34. The predicted octanol–water partition coefficient (Wildman–Crippen LogP) is 3.60. The van der Waals surface area contributed by atoms with Crippen molar-refractivity contribution in [1.82, 2.24) is 0 Å². The van der Waals surface area contributed by atoms with E-state index in [0.29, 0.717) is 27.9 Å². The number of hydrogen-bond donors (Lipinski definition) is 0. The third-order valence-corrected chi connectivity index (χ3v) is 6.16. The first kappa shape index (κ1) is 22.1. The molecule has 2 aromatic rings. The first-order valence-corrected chi connectivity index (χ1v) is 10.5. The highest BCUT2D eigenvalue weighted by molar-refractivity contribution is 5.88. The lowest BCUT2D eigenvalue weighted by atomic mass is 9.87. The third kappa shape index (κ3) is 3.68. The highest BCUT2D eigenvalue weighted by atomic mass is 16.7. The summed E-state index contributed by atoms with van der Waals surface area (Å²) in [6.45, 7) is 10.3. The van der Waals surface area contributed by atoms with Crippen molar-refractivity contribution in [2.45, 2.75) is 71.1 Å². The molecule has 1 fully saturated rings. The van der Waals surface area contributed by atoms with Crippen molar-refractivity contribution in [2.24, 2.45) is 0 Å². The van der Waals surface area contributed by atoms with Gasteiger partial charge in [-0.05, 0) is 53.7 Å². The van der Waals surface area contributed by atoms with Crippen LogP contribution in [0, 0.1) is 0 Å². The third-order valence-electron chi connectivity index (χ3n) is 6.16. The van der Waals surface area contributed by atoms with Crippen LogP contribution < -0.4 is 10.4 Å². The number of ether oxygens (including phenoxy) is 4. The van der Waals surface area contributed by atoms with Gasteiger partial charge in [0.05, 0.1) is 6.10 Å². The van der Waals surface area contributed by atoms with Crippen LogP contribution in [0.1, 0.15) is 53.2 Å². The molecular formula is C24H26O8. The SMILES string of the molecule is C/C=C(/C)C(=O)O[C@H]1[C@@H](OC(=O)[C@]2(C)O[C@@H]2C)c2cc3ccc(=O)oc3cc2OC1(C)C. The maximum atomic E-state index is 13.0. The number of carbonyl (C=O) groups is 2. The monoisotopic (exact) mass is 442 g/mol. The molecule has 170 valence electrons. The fourth-order valence-corrected chi connectivity index (χ4v) is 3.73. The normalized spacial score (nSPS) is 28.4. The summed E-state index contributed by atoms with van der Waals surface area (Å²) in [6.07, 6.45) is -0.532. The van der Waals surface area contributed by atoms with Gasteiger partial charge in [0.1, 0.15) is 16.9 Å². The van der Waals surface area contributed by atoms with Crippen LogP contribution in [0.3, 0.4) is 0 Å². The number of hydrogen-bond acceptors (Lipinski definition) is 8. The second-order valence-corrected chi connectivity index (χ2v) is 8.88. The van der Waals surface area contributed by atoms with Gasteiger partial charge in [-0.25, -0.2) is 14.4 Å². The molecule has 1 aromatic carbocycles. The zero-order valence-corrected chi connectivity index (χ0v) is 18.9. The molecule has 0 saturated carbocycles. The standard InChI is InChI=1S/C24H26O8/c1-7-12(2)21(26)30-20-19(29-22(27)24(6)13(3)31-24)15-10-14-8-9-18(25)28-16(14)11-17(15)32-23(20,4)5/h7-11,13,19-20H,1-6H3/b12-7-/t13-,19+,20+,24-/m1/s1. The van der Waals surface area contributed by atoms with Crippen molar-refractivity contribution >= 4 is 22.9 Å². The Balaban J connectivity index is 1.82. The van der Waals surface area contributed by atoms with Gasteiger partial charge in [0.25, 0.3) is 0 Å². The Morgan fingerprint density at radius 3 is 2.44 bits per heavy atom. The van der Waals surface area contributed by atoms with Crippen LogP contribution in [0.15, 0.2) is 45.1 Å². The second kappa shape index (κ2) is 7.48. The number of fused-ring (bicyclic) bond motifs is 2. The summed E-state index contributed by atoms with van der Waals surface area (Å²) >= 11 is 0. The molecule has 0 radical (unpaired) electrons. The average molecular weight is 442 g/mol. The Morgan fingerprint density at radius 2 is 1.81 bits per heavy atom. The summed E-state index contributed by atoms with van der Waals surface area (Å²) in [7, 11) is 0. The van der Waals surface area contributed by atoms with Crippen LogP contribution >= 0.6 is 0 Å². The fourth-order valence-electron chi connectivity index (χ4n) is 3.73. The smallest absolute Gasteiger partial charge is 0.341 e. The minimum atomic E-state index is -1.06. The van der Waals surface area contributed by atoms with Crippen molar-refractivity contribution in [3.63, 3.8) is 0 Å². The molecule has 4 rings (SSSR count). The summed E-state index contributed by atoms with van der Waals surface area (Å²) < 4.78 is 28.6. The summed E-state index contributed by atoms with van der Waals surface area (Å²) in [5, 5.41) is 0.615. The molecule has 0 aliphatic carbocycles. The largest absolute Gasteiger partial charge is 0.483 e. The molecule has 1 saturated heterocycles. The summed E-state index contributed by atoms with van der Waals surface area (Å²) in [4.78, 5) is 37.2. The van der Waals surface area contributed by atoms with Crippen molar-refractivity contribution in [1.29, 1.82) is 0 Å². The van der Waals surface area contributed by atoms with E-state index in [1.165, 1.54) is 6.07 Å². The number of benzene rings is 1. The quantitative estimate of drug-likeness (QED) is 0.306. The Hall–Kier alpha value is -3.13. The van der Waals surface area contributed by atoms with Gasteiger partial charge in [-0.15, -0.1) is 0 Å². The van der Waals surface area contributed by atoms with E-state index >= 15 is 0 Å². The molecule has 0 N–H and O–H groups in total. The molecule has 0 unspecified atom stereocenters. The molecule has 32 heavy (non-hydrogen) atoms. The Morgan fingerprint density at radius 1 is 1.12 bits per heavy atom. The second-order valence-electron chi connectivity index (χ2n) is 8.88. The number of carbonyl (C=O) groups excluding carboxylic acids is 2. The number of rotatable bonds is 4. The highest BCUT2D eigenvalue weighted by Crippen LogP contribution is 2.47. The Kier molecular flexibility index (Phi) is 5.16. The zero-order valence-electron chi connectivity index (χ0n) is 18.9. The van der Waals surface area contributed by atoms with Gasteiger partial charge < -0.3 is 23.4 Å². The maximum Gasteiger partial charge on any atom is 0.341 e. The van der Waals surface area contributed by atoms with Gasteiger partial charge in [0.15, 0.2) is 17.8 Å². The van der Waals surface area contributed by atoms with Crippen LogP contribution in [-0.2, 0) is 23.8 Å². The lowest BCUT2D eigenvalue weighted by Gasteiger charge is -2.43. The first-order chi connectivity index (χ1) is 15.0. The summed E-state index contributed by atoms with van der Waals surface area (Å²) in [6, 6.07) is 6.21. The van der Waals surface area contributed by atoms with Gasteiger partial charge in [-0.2, -0.15) is 0 Å². The van der Waals surface area contributed by atoms with E-state index in [9.17, 15) is 14.4 Å². The average Bonchev–Trinajstić information content (AvgIpc) is 3.35. The number of epoxide rings is 1. The van der Waals surface area contributed by atoms with Crippen LogP contribution in [-0.4, -0.2) is 35.3 Å². The maximum absolute atomic E-state index is 13.0. The van der Waals surface area contributed by atoms with E-state index in [1.807, 2.05) is 0 Å². The minimum absolute atomic E-state index is 0.278. The van der Waals surface area contributed by atoms with E-state index in [1.54, 1.807) is 65.8 Å². The molecule has 0 bridgehead atoms. The van der Waals surface area contributed by atoms with Crippen LogP contribution in [0.5, 0.6) is 5.75 Å². The summed E-state index contributed by atoms with van der Waals surface area (Å²) in [5.74, 6) is -0.713. The van der Waals surface area contributed by atoms with Gasteiger partial charge in [-0.1, -0.05) is 6.08 Å². The van der Waals surface area contributed by atoms with E-state index < -0.39 is 41.0 Å². The lowest BCUT2D eigenvalue weighted by molar-refractivity contribution is -0.190. The van der Waals surface area contributed by atoms with Gasteiger partial charge in [-0.3, -0.25) is 0 Å². The molecule has 1 aromatic heterocycles. The van der Waals surface area contributed by atoms with Crippen molar-refractivity contribution < 1.29 is 33.0 Å². The van der Waals surface area contributed by atoms with Gasteiger partial charge >= 0.3 is 17.6 Å². The minimum Gasteiger partial charge on any atom is -0.483 e. The molecule has 3 heterocycles. The van der Waals surface area contributed by atoms with E-state index in [0.717, 1.165) is 0 Å². The van der Waals surface area contributed by atoms with Crippen molar-refractivity contribution in [3.8, 4) is 5.75 Å². The molecule has 2 aliphatic heterocycles. The molecular weight excluding hydrogens is 416 g/mol. The molecule has 0 spiro atoms. The molecule has 0 amide bonds. The van der Waals surface area contributed by atoms with Gasteiger partial charge in [0, 0.05) is 28.7 Å². The number of esters is 2. The van der Waals surface area contributed by atoms with Crippen LogP contribution in [0.2, 0.25) is 0 Å². The molecule has 4 atom stereocenters. The lowest BCUT2D eigenvalue weighted by Crippen LogP contribution is -2.52. The topological polar surface area (TPSA) is 105 Å². The zero-order chi connectivity index (χ0) is 23.4. The van der Waals surface area contributed by atoms with Crippen molar-refractivity contribution in [2.75, 3.05) is 0 Å². The van der Waals surface area contributed by atoms with Gasteiger partial charge in [0.2, 0.25) is 0 Å². The Bertz CT molecular complexity index is 1190. The Labute approximate surface area is 185 Å². The van der Waals surface area contributed by atoms with E-state index in [2.05, 4.69) is 0 Å². The van der Waals surface area contributed by atoms with Crippen LogP contribution in [0.4, 0.5) is 0 Å². The van der Waals surface area contributed by atoms with Crippen LogP contribution in [0.25, 0.3) is 11.0 Å². The number of allylic oxidation sites excluding steroid dienone is 1. The van der Waals surface area contributed by atoms with Crippen molar-refractivity contribution in [3.05, 3.63) is 51.9 Å². The van der Waals surface area contributed by atoms with E-state index in [-0.39, 0.29) is 6.10 Å². The molecule has 2 aliphatic rings. The molecule has 8 nitrogen and oxygen atoms in total. The fraction of sp³-hybridized carbons (Fsp3) is 0.458. The predicted molar refractivity (Wildman–Crippen MR) is 114 cm³/mol. The molecule has 8 heteroatoms. The highest BCUT2D eigenvalue weighted by Gasteiger charge is 2.59.